The lowest BCUT2D eigenvalue weighted by Crippen LogP contribution is -2.24. The van der Waals surface area contributed by atoms with Gasteiger partial charge in [-0.3, -0.25) is 0 Å². The average Bonchev–Trinajstić information content (AvgIpc) is 2.63. The topological polar surface area (TPSA) is 29.9 Å². The van der Waals surface area contributed by atoms with Crippen molar-refractivity contribution in [3.63, 3.8) is 0 Å². The molecule has 0 atom stereocenters. The molecular formula is C9H15N3. The molecule has 0 unspecified atom stereocenters. The molecule has 1 heterocycles. The van der Waals surface area contributed by atoms with Crippen LogP contribution < -0.4 is 5.32 Å². The van der Waals surface area contributed by atoms with Crippen molar-refractivity contribution in [2.24, 2.45) is 5.41 Å². The van der Waals surface area contributed by atoms with Crippen molar-refractivity contribution in [2.75, 3.05) is 13.6 Å². The molecule has 1 aliphatic rings. The van der Waals surface area contributed by atoms with Crippen molar-refractivity contribution in [3.05, 3.63) is 18.7 Å². The minimum Gasteiger partial charge on any atom is -0.337 e. The highest BCUT2D eigenvalue weighted by Gasteiger charge is 2.41. The van der Waals surface area contributed by atoms with Gasteiger partial charge in [0.1, 0.15) is 0 Å². The predicted molar refractivity (Wildman–Crippen MR) is 47.8 cm³/mol. The van der Waals surface area contributed by atoms with E-state index in [0.29, 0.717) is 5.41 Å². The third kappa shape index (κ3) is 1.50. The molecule has 12 heavy (non-hydrogen) atoms. The van der Waals surface area contributed by atoms with Crippen molar-refractivity contribution in [1.29, 1.82) is 0 Å². The summed E-state index contributed by atoms with van der Waals surface area (Å²) in [7, 11) is 2.02. The molecule has 0 aliphatic heterocycles. The van der Waals surface area contributed by atoms with Gasteiger partial charge in [-0.15, -0.1) is 0 Å². The molecular weight excluding hydrogens is 150 g/mol. The predicted octanol–water partition coefficient (Wildman–Crippen LogP) is 0.883. The number of hydrogen-bond acceptors (Lipinski definition) is 2. The maximum Gasteiger partial charge on any atom is 0.0946 e. The Bertz CT molecular complexity index is 236. The maximum atomic E-state index is 4.04. The second-order valence-electron chi connectivity index (χ2n) is 3.77. The first-order valence-electron chi connectivity index (χ1n) is 4.45. The summed E-state index contributed by atoms with van der Waals surface area (Å²) in [5, 5.41) is 3.25. The van der Waals surface area contributed by atoms with E-state index >= 15 is 0 Å². The molecule has 0 amide bonds. The number of nitrogens with zero attached hydrogens (tertiary/aromatic N) is 2. The highest BCUT2D eigenvalue weighted by atomic mass is 15.0. The maximum absolute atomic E-state index is 4.04. The highest BCUT2D eigenvalue weighted by molar-refractivity contribution is 4.95. The number of hydrogen-bond donors (Lipinski definition) is 1. The lowest BCUT2D eigenvalue weighted by molar-refractivity contribution is 0.406. The first-order chi connectivity index (χ1) is 5.85. The summed E-state index contributed by atoms with van der Waals surface area (Å²) < 4.78 is 2.17. The summed E-state index contributed by atoms with van der Waals surface area (Å²) in [5.41, 5.74) is 0.537. The van der Waals surface area contributed by atoms with E-state index in [9.17, 15) is 0 Å². The van der Waals surface area contributed by atoms with Crippen LogP contribution in [0.5, 0.6) is 0 Å². The summed E-state index contributed by atoms with van der Waals surface area (Å²) in [6, 6.07) is 0. The van der Waals surface area contributed by atoms with Crippen molar-refractivity contribution >= 4 is 0 Å². The standard InChI is InChI=1S/C9H15N3/c1-10-6-9(2-3-9)7-12-5-4-11-8-12/h4-5,8,10H,2-3,6-7H2,1H3. The monoisotopic (exact) mass is 165 g/mol. The summed E-state index contributed by atoms with van der Waals surface area (Å²) in [6.07, 6.45) is 8.49. The van der Waals surface area contributed by atoms with Crippen LogP contribution in [0.3, 0.4) is 0 Å². The molecule has 0 saturated heterocycles. The zero-order chi connectivity index (χ0) is 8.44. The van der Waals surface area contributed by atoms with Crippen LogP contribution in [0.2, 0.25) is 0 Å². The van der Waals surface area contributed by atoms with Crippen LogP contribution in [-0.2, 0) is 6.54 Å². The molecule has 66 valence electrons. The van der Waals surface area contributed by atoms with E-state index in [4.69, 9.17) is 0 Å². The van der Waals surface area contributed by atoms with Gasteiger partial charge in [0.2, 0.25) is 0 Å². The van der Waals surface area contributed by atoms with E-state index in [1.807, 2.05) is 25.8 Å². The Labute approximate surface area is 72.8 Å². The van der Waals surface area contributed by atoms with Gasteiger partial charge >= 0.3 is 0 Å². The molecule has 1 fully saturated rings. The third-order valence-corrected chi connectivity index (χ3v) is 2.59. The lowest BCUT2D eigenvalue weighted by atomic mass is 10.1. The fourth-order valence-corrected chi connectivity index (χ4v) is 1.71. The average molecular weight is 165 g/mol. The minimum absolute atomic E-state index is 0.537. The molecule has 0 radical (unpaired) electrons. The number of imidazole rings is 1. The molecule has 1 saturated carbocycles. The number of aromatic nitrogens is 2. The Morgan fingerprint density at radius 1 is 1.58 bits per heavy atom. The zero-order valence-corrected chi connectivity index (χ0v) is 7.45. The lowest BCUT2D eigenvalue weighted by Gasteiger charge is -2.14. The normalized spacial score (nSPS) is 19.4. The molecule has 0 bridgehead atoms. The van der Waals surface area contributed by atoms with Crippen molar-refractivity contribution in [1.82, 2.24) is 14.9 Å². The molecule has 1 aromatic heterocycles. The molecule has 0 spiro atoms. The van der Waals surface area contributed by atoms with Crippen LogP contribution in [-0.4, -0.2) is 23.1 Å². The van der Waals surface area contributed by atoms with Crippen molar-refractivity contribution in [3.8, 4) is 0 Å². The van der Waals surface area contributed by atoms with E-state index < -0.39 is 0 Å². The van der Waals surface area contributed by atoms with Crippen LogP contribution in [0, 0.1) is 5.41 Å². The van der Waals surface area contributed by atoms with Crippen LogP contribution in [0.1, 0.15) is 12.8 Å². The largest absolute Gasteiger partial charge is 0.337 e. The Morgan fingerprint density at radius 3 is 2.92 bits per heavy atom. The van der Waals surface area contributed by atoms with E-state index in [1.54, 1.807) is 0 Å². The quantitative estimate of drug-likeness (QED) is 0.718. The first kappa shape index (κ1) is 7.80. The van der Waals surface area contributed by atoms with Gasteiger partial charge in [0.05, 0.1) is 6.33 Å². The Hall–Kier alpha value is -0.830. The first-order valence-corrected chi connectivity index (χ1v) is 4.45. The second kappa shape index (κ2) is 2.90. The van der Waals surface area contributed by atoms with E-state index in [2.05, 4.69) is 14.9 Å². The Kier molecular flexibility index (Phi) is 1.89. The van der Waals surface area contributed by atoms with Crippen LogP contribution in [0.25, 0.3) is 0 Å². The van der Waals surface area contributed by atoms with Gasteiger partial charge in [-0.25, -0.2) is 4.98 Å². The van der Waals surface area contributed by atoms with Crippen LogP contribution in [0.4, 0.5) is 0 Å². The Morgan fingerprint density at radius 2 is 2.42 bits per heavy atom. The molecule has 1 N–H and O–H groups in total. The number of nitrogens with one attached hydrogen (secondary N) is 1. The fraction of sp³-hybridized carbons (Fsp3) is 0.667. The van der Waals surface area contributed by atoms with Gasteiger partial charge in [-0.2, -0.15) is 0 Å². The molecule has 1 aliphatic carbocycles. The Balaban J connectivity index is 1.94. The SMILES string of the molecule is CNCC1(Cn2ccnc2)CC1. The van der Waals surface area contributed by atoms with Crippen LogP contribution >= 0.6 is 0 Å². The molecule has 2 rings (SSSR count). The number of rotatable bonds is 4. The van der Waals surface area contributed by atoms with Gasteiger partial charge in [0.25, 0.3) is 0 Å². The summed E-state index contributed by atoms with van der Waals surface area (Å²) >= 11 is 0. The third-order valence-electron chi connectivity index (χ3n) is 2.59. The highest BCUT2D eigenvalue weighted by Crippen LogP contribution is 2.46. The smallest absolute Gasteiger partial charge is 0.0946 e. The second-order valence-corrected chi connectivity index (χ2v) is 3.77. The summed E-state index contributed by atoms with van der Waals surface area (Å²) in [5.74, 6) is 0. The molecule has 0 aromatic carbocycles. The van der Waals surface area contributed by atoms with E-state index in [-0.39, 0.29) is 0 Å². The van der Waals surface area contributed by atoms with Gasteiger partial charge in [0, 0.05) is 30.9 Å². The summed E-state index contributed by atoms with van der Waals surface area (Å²) in [6.45, 7) is 2.25. The minimum atomic E-state index is 0.537. The zero-order valence-electron chi connectivity index (χ0n) is 7.45. The molecule has 3 heteroatoms. The van der Waals surface area contributed by atoms with Crippen LogP contribution in [0.15, 0.2) is 18.7 Å². The summed E-state index contributed by atoms with van der Waals surface area (Å²) in [4.78, 5) is 4.04. The fourth-order valence-electron chi connectivity index (χ4n) is 1.71. The van der Waals surface area contributed by atoms with E-state index in [0.717, 1.165) is 13.1 Å². The van der Waals surface area contributed by atoms with Crippen molar-refractivity contribution in [2.45, 2.75) is 19.4 Å². The van der Waals surface area contributed by atoms with Crippen molar-refractivity contribution < 1.29 is 0 Å². The van der Waals surface area contributed by atoms with Gasteiger partial charge in [0.15, 0.2) is 0 Å². The van der Waals surface area contributed by atoms with Gasteiger partial charge in [-0.05, 0) is 19.9 Å². The van der Waals surface area contributed by atoms with Gasteiger partial charge in [-0.1, -0.05) is 0 Å². The van der Waals surface area contributed by atoms with E-state index in [1.165, 1.54) is 12.8 Å². The molecule has 3 nitrogen and oxygen atoms in total. The molecule has 1 aromatic rings. The van der Waals surface area contributed by atoms with Gasteiger partial charge < -0.3 is 9.88 Å².